The number of aromatic nitrogens is 2. The van der Waals surface area contributed by atoms with Gasteiger partial charge in [-0.3, -0.25) is 9.89 Å². The van der Waals surface area contributed by atoms with Crippen molar-refractivity contribution >= 4 is 11.6 Å². The molecule has 0 saturated carbocycles. The first-order valence-electron chi connectivity index (χ1n) is 9.03. The number of nitrogens with zero attached hydrogens (tertiary/aromatic N) is 2. The molecule has 27 heavy (non-hydrogen) atoms. The van der Waals surface area contributed by atoms with Crippen molar-refractivity contribution in [3.05, 3.63) is 71.9 Å². The Morgan fingerprint density at radius 3 is 2.63 bits per heavy atom. The molecule has 1 aliphatic rings. The molecule has 1 aromatic heterocycles. The van der Waals surface area contributed by atoms with Gasteiger partial charge in [-0.2, -0.15) is 5.10 Å². The van der Waals surface area contributed by atoms with Gasteiger partial charge < -0.3 is 15.0 Å². The van der Waals surface area contributed by atoms with E-state index >= 15 is 0 Å². The van der Waals surface area contributed by atoms with Gasteiger partial charge in [0.15, 0.2) is 0 Å². The van der Waals surface area contributed by atoms with Gasteiger partial charge in [0.25, 0.3) is 5.91 Å². The highest BCUT2D eigenvalue weighted by Gasteiger charge is 2.19. The lowest BCUT2D eigenvalue weighted by Crippen LogP contribution is -2.33. The van der Waals surface area contributed by atoms with Crippen molar-refractivity contribution in [1.82, 2.24) is 15.5 Å². The molecule has 1 saturated heterocycles. The predicted molar refractivity (Wildman–Crippen MR) is 105 cm³/mol. The fourth-order valence-electron chi connectivity index (χ4n) is 3.18. The number of H-pyrrole nitrogens is 1. The van der Waals surface area contributed by atoms with Crippen molar-refractivity contribution < 1.29 is 9.53 Å². The van der Waals surface area contributed by atoms with Crippen LogP contribution in [0.4, 0.5) is 5.69 Å². The van der Waals surface area contributed by atoms with Crippen LogP contribution >= 0.6 is 0 Å². The number of hydrogen-bond donors (Lipinski definition) is 2. The SMILES string of the molecule is CN(C(=O)c1cc(-c2ccccc2)n[nH]1)c1ccc([C@@H]2CNCCO2)cc1. The van der Waals surface area contributed by atoms with Crippen molar-refractivity contribution in [2.45, 2.75) is 6.10 Å². The molecule has 2 heterocycles. The Morgan fingerprint density at radius 1 is 1.15 bits per heavy atom. The van der Waals surface area contributed by atoms with Crippen LogP contribution in [0.3, 0.4) is 0 Å². The zero-order chi connectivity index (χ0) is 18.6. The standard InChI is InChI=1S/C21H22N4O2/c1-25(17-9-7-16(8-10-17)20-14-22-11-12-27-20)21(26)19-13-18(23-24-19)15-5-3-2-4-6-15/h2-10,13,20,22H,11-12,14H2,1H3,(H,23,24)/t20-/m0/s1. The first-order valence-corrected chi connectivity index (χ1v) is 9.03. The number of hydrogen-bond acceptors (Lipinski definition) is 4. The molecule has 1 aliphatic heterocycles. The highest BCUT2D eigenvalue weighted by Crippen LogP contribution is 2.23. The van der Waals surface area contributed by atoms with Gasteiger partial charge in [-0.25, -0.2) is 0 Å². The third-order valence-electron chi connectivity index (χ3n) is 4.76. The van der Waals surface area contributed by atoms with Gasteiger partial charge in [0.05, 0.1) is 18.4 Å². The maximum atomic E-state index is 12.8. The molecule has 0 unspecified atom stereocenters. The van der Waals surface area contributed by atoms with Crippen LogP contribution in [0.2, 0.25) is 0 Å². The summed E-state index contributed by atoms with van der Waals surface area (Å²) in [5.74, 6) is -0.131. The smallest absolute Gasteiger partial charge is 0.276 e. The first kappa shape index (κ1) is 17.5. The van der Waals surface area contributed by atoms with E-state index in [1.165, 1.54) is 0 Å². The number of carbonyl (C=O) groups excluding carboxylic acids is 1. The molecule has 0 spiro atoms. The lowest BCUT2D eigenvalue weighted by Gasteiger charge is -2.24. The topological polar surface area (TPSA) is 70.2 Å². The molecule has 2 aromatic carbocycles. The second-order valence-electron chi connectivity index (χ2n) is 6.55. The fourth-order valence-corrected chi connectivity index (χ4v) is 3.18. The van der Waals surface area contributed by atoms with Crippen molar-refractivity contribution in [2.24, 2.45) is 0 Å². The van der Waals surface area contributed by atoms with Crippen molar-refractivity contribution in [1.29, 1.82) is 0 Å². The van der Waals surface area contributed by atoms with E-state index in [-0.39, 0.29) is 12.0 Å². The Kier molecular flexibility index (Phi) is 5.00. The summed E-state index contributed by atoms with van der Waals surface area (Å²) >= 11 is 0. The van der Waals surface area contributed by atoms with Crippen LogP contribution in [0.15, 0.2) is 60.7 Å². The lowest BCUT2D eigenvalue weighted by molar-refractivity contribution is 0.0277. The van der Waals surface area contributed by atoms with Crippen LogP contribution in [-0.4, -0.2) is 42.8 Å². The van der Waals surface area contributed by atoms with Crippen molar-refractivity contribution in [3.63, 3.8) is 0 Å². The zero-order valence-corrected chi connectivity index (χ0v) is 15.2. The van der Waals surface area contributed by atoms with Crippen molar-refractivity contribution in [3.8, 4) is 11.3 Å². The van der Waals surface area contributed by atoms with Gasteiger partial charge in [0.1, 0.15) is 5.69 Å². The highest BCUT2D eigenvalue weighted by molar-refractivity contribution is 6.04. The van der Waals surface area contributed by atoms with E-state index in [4.69, 9.17) is 4.74 Å². The van der Waals surface area contributed by atoms with Gasteiger partial charge in [-0.1, -0.05) is 42.5 Å². The van der Waals surface area contributed by atoms with E-state index < -0.39 is 0 Å². The molecule has 2 N–H and O–H groups in total. The average molecular weight is 362 g/mol. The summed E-state index contributed by atoms with van der Waals surface area (Å²) in [6.45, 7) is 2.42. The first-order chi connectivity index (χ1) is 13.2. The maximum Gasteiger partial charge on any atom is 0.276 e. The molecule has 1 atom stereocenters. The number of aromatic amines is 1. The highest BCUT2D eigenvalue weighted by atomic mass is 16.5. The molecule has 6 nitrogen and oxygen atoms in total. The molecule has 138 valence electrons. The molecular formula is C21H22N4O2. The molecule has 3 aromatic rings. The van der Waals surface area contributed by atoms with E-state index in [2.05, 4.69) is 15.5 Å². The Morgan fingerprint density at radius 2 is 1.93 bits per heavy atom. The number of nitrogens with one attached hydrogen (secondary N) is 2. The second-order valence-corrected chi connectivity index (χ2v) is 6.55. The molecule has 4 rings (SSSR count). The third-order valence-corrected chi connectivity index (χ3v) is 4.76. The molecule has 1 amide bonds. The normalized spacial score (nSPS) is 16.9. The summed E-state index contributed by atoms with van der Waals surface area (Å²) in [5.41, 5.74) is 4.12. The quantitative estimate of drug-likeness (QED) is 0.748. The number of ether oxygens (including phenoxy) is 1. The summed E-state index contributed by atoms with van der Waals surface area (Å²) < 4.78 is 5.77. The maximum absolute atomic E-state index is 12.8. The minimum absolute atomic E-state index is 0.0647. The summed E-state index contributed by atoms with van der Waals surface area (Å²) in [5, 5.41) is 10.4. The Hall–Kier alpha value is -2.96. The molecule has 6 heteroatoms. The zero-order valence-electron chi connectivity index (χ0n) is 15.2. The molecule has 0 aliphatic carbocycles. The average Bonchev–Trinajstić information content (AvgIpc) is 3.24. The summed E-state index contributed by atoms with van der Waals surface area (Å²) in [6.07, 6.45) is 0.0647. The Labute approximate surface area is 158 Å². The Balaban J connectivity index is 1.48. The van der Waals surface area contributed by atoms with E-state index in [1.807, 2.05) is 54.6 Å². The van der Waals surface area contributed by atoms with Crippen LogP contribution in [0.1, 0.15) is 22.2 Å². The van der Waals surface area contributed by atoms with Gasteiger partial charge in [0, 0.05) is 31.4 Å². The van der Waals surface area contributed by atoms with Crippen LogP contribution in [0.5, 0.6) is 0 Å². The van der Waals surface area contributed by atoms with Crippen molar-refractivity contribution in [2.75, 3.05) is 31.6 Å². The van der Waals surface area contributed by atoms with E-state index in [9.17, 15) is 4.79 Å². The predicted octanol–water partition coefficient (Wildman–Crippen LogP) is 3.01. The third kappa shape index (κ3) is 3.77. The minimum atomic E-state index is -0.131. The van der Waals surface area contributed by atoms with E-state index in [0.717, 1.165) is 35.6 Å². The van der Waals surface area contributed by atoms with Crippen LogP contribution < -0.4 is 10.2 Å². The summed E-state index contributed by atoms with van der Waals surface area (Å²) in [6, 6.07) is 19.5. The second kappa shape index (κ2) is 7.73. The number of rotatable bonds is 4. The summed E-state index contributed by atoms with van der Waals surface area (Å²) in [4.78, 5) is 14.4. The number of amides is 1. The number of anilines is 1. The van der Waals surface area contributed by atoms with Gasteiger partial charge in [-0.15, -0.1) is 0 Å². The van der Waals surface area contributed by atoms with E-state index in [1.54, 1.807) is 18.0 Å². The monoisotopic (exact) mass is 362 g/mol. The number of morpholine rings is 1. The van der Waals surface area contributed by atoms with E-state index in [0.29, 0.717) is 12.3 Å². The van der Waals surface area contributed by atoms with Crippen LogP contribution in [0.25, 0.3) is 11.3 Å². The van der Waals surface area contributed by atoms with Gasteiger partial charge >= 0.3 is 0 Å². The van der Waals surface area contributed by atoms with Crippen LogP contribution in [-0.2, 0) is 4.74 Å². The largest absolute Gasteiger partial charge is 0.371 e. The molecular weight excluding hydrogens is 340 g/mol. The number of benzene rings is 2. The van der Waals surface area contributed by atoms with Gasteiger partial charge in [0.2, 0.25) is 0 Å². The molecule has 1 fully saturated rings. The van der Waals surface area contributed by atoms with Crippen LogP contribution in [0, 0.1) is 0 Å². The fraction of sp³-hybridized carbons (Fsp3) is 0.238. The van der Waals surface area contributed by atoms with Gasteiger partial charge in [-0.05, 0) is 23.8 Å². The Bertz CT molecular complexity index is 899. The lowest BCUT2D eigenvalue weighted by atomic mass is 10.1. The molecule has 0 bridgehead atoms. The summed E-state index contributed by atoms with van der Waals surface area (Å²) in [7, 11) is 1.76. The molecule has 0 radical (unpaired) electrons. The minimum Gasteiger partial charge on any atom is -0.371 e. The number of carbonyl (C=O) groups is 1.